The number of hydrogen-bond acceptors (Lipinski definition) is 2. The largest absolute Gasteiger partial charge is 0.466 e. The zero-order chi connectivity index (χ0) is 4.24. The summed E-state index contributed by atoms with van der Waals surface area (Å²) in [4.78, 5) is 0. The molecule has 0 fully saturated rings. The van der Waals surface area contributed by atoms with Gasteiger partial charge in [-0.15, -0.1) is 62.0 Å². The summed E-state index contributed by atoms with van der Waals surface area (Å²) >= 11 is 0. The third-order valence-electron chi connectivity index (χ3n) is 0.425. The van der Waals surface area contributed by atoms with Crippen LogP contribution in [0.15, 0.2) is 25.0 Å². The fraction of sp³-hybridized carbons (Fsp3) is 0. The van der Waals surface area contributed by atoms with E-state index in [4.69, 9.17) is 0 Å². The minimum absolute atomic E-state index is 0. The van der Waals surface area contributed by atoms with Crippen molar-refractivity contribution in [1.29, 1.82) is 0 Å². The lowest BCUT2D eigenvalue weighted by atomic mass is 10.9. The van der Waals surface area contributed by atoms with Gasteiger partial charge in [0.2, 0.25) is 0 Å². The van der Waals surface area contributed by atoms with Crippen molar-refractivity contribution in [2.45, 2.75) is 0 Å². The third-order valence-corrected chi connectivity index (χ3v) is 0.425. The molecule has 0 aromatic rings. The van der Waals surface area contributed by atoms with Gasteiger partial charge in [0.1, 0.15) is 25.0 Å². The second-order valence-electron chi connectivity index (χ2n) is 0.816. The highest BCUT2D eigenvalue weighted by Gasteiger charge is 1.74. The minimum Gasteiger partial charge on any atom is -0.466 e. The van der Waals surface area contributed by atoms with E-state index in [1.165, 1.54) is 25.0 Å². The van der Waals surface area contributed by atoms with E-state index in [0.29, 0.717) is 0 Å². The first-order chi connectivity index (χ1) is 3.00. The van der Waals surface area contributed by atoms with Crippen LogP contribution in [-0.2, 0) is 9.47 Å². The molecule has 0 unspecified atom stereocenters. The second kappa shape index (κ2) is 22.4. The van der Waals surface area contributed by atoms with Crippen molar-refractivity contribution in [3.63, 3.8) is 0 Å². The van der Waals surface area contributed by atoms with Crippen molar-refractivity contribution in [3.8, 4) is 0 Å². The zero-order valence-corrected chi connectivity index (χ0v) is 9.25. The third kappa shape index (κ3) is 18.0. The summed E-state index contributed by atoms with van der Waals surface area (Å²) < 4.78 is 9.17. The molecule has 0 amide bonds. The number of hydrogen-bond donors (Lipinski definition) is 0. The monoisotopic (exact) mass is 264 g/mol. The van der Waals surface area contributed by atoms with Crippen LogP contribution >= 0.6 is 62.0 Å². The first-order valence-corrected chi connectivity index (χ1v) is 1.61. The highest BCUT2D eigenvalue weighted by Crippen LogP contribution is 1.89. The fourth-order valence-corrected chi connectivity index (χ4v) is 0.219. The van der Waals surface area contributed by atoms with Crippen LogP contribution in [0.1, 0.15) is 0 Å². The van der Waals surface area contributed by atoms with E-state index in [0.717, 1.165) is 0 Å². The molecule has 0 saturated heterocycles. The molecule has 1 rings (SSSR count). The topological polar surface area (TPSA) is 18.5 Å². The Kier molecular flexibility index (Phi) is 61.1. The van der Waals surface area contributed by atoms with Gasteiger partial charge in [-0.1, -0.05) is 0 Å². The number of halogens is 5. The first kappa shape index (κ1) is 30.0. The Hall–Kier alpha value is 0.530. The van der Waals surface area contributed by atoms with Gasteiger partial charge < -0.3 is 9.47 Å². The molecule has 0 aromatic carbocycles. The fourth-order valence-electron chi connectivity index (χ4n) is 0.219. The molecule has 1 aliphatic heterocycles. The molecule has 2 nitrogen and oxygen atoms in total. The Bertz CT molecular complexity index is 74.5. The summed E-state index contributed by atoms with van der Waals surface area (Å²) in [5.74, 6) is 0. The Morgan fingerprint density at radius 1 is 0.455 bits per heavy atom. The molecule has 7 heteroatoms. The van der Waals surface area contributed by atoms with Gasteiger partial charge in [0.05, 0.1) is 0 Å². The maximum atomic E-state index is 4.58. The molecule has 11 heavy (non-hydrogen) atoms. The predicted molar refractivity (Wildman–Crippen MR) is 56.7 cm³/mol. The average Bonchev–Trinajstić information content (AvgIpc) is 1.72. The molecule has 0 radical (unpaired) electrons. The van der Waals surface area contributed by atoms with Crippen LogP contribution in [-0.4, -0.2) is 0 Å². The van der Waals surface area contributed by atoms with E-state index in [1.807, 2.05) is 0 Å². The van der Waals surface area contributed by atoms with Crippen molar-refractivity contribution >= 4 is 62.0 Å². The van der Waals surface area contributed by atoms with Crippen molar-refractivity contribution in [2.24, 2.45) is 0 Å². The number of rotatable bonds is 0. The van der Waals surface area contributed by atoms with E-state index in [-0.39, 0.29) is 62.0 Å². The van der Waals surface area contributed by atoms with Gasteiger partial charge in [-0.2, -0.15) is 0 Å². The van der Waals surface area contributed by atoms with Crippen molar-refractivity contribution < 1.29 is 9.47 Å². The summed E-state index contributed by atoms with van der Waals surface area (Å²) in [6.45, 7) is 0. The summed E-state index contributed by atoms with van der Waals surface area (Å²) in [6, 6.07) is 0. The Morgan fingerprint density at radius 3 is 0.727 bits per heavy atom. The van der Waals surface area contributed by atoms with Crippen LogP contribution in [0.4, 0.5) is 0 Å². The Balaban J connectivity index is -0.0000000240. The molecule has 1 aliphatic rings. The summed E-state index contributed by atoms with van der Waals surface area (Å²) in [6.07, 6.45) is 5.83. The van der Waals surface area contributed by atoms with E-state index in [1.54, 1.807) is 0 Å². The Labute approximate surface area is 96.4 Å². The summed E-state index contributed by atoms with van der Waals surface area (Å²) in [7, 11) is 0. The molecule has 72 valence electrons. The number of ether oxygens (including phenoxy) is 2. The minimum atomic E-state index is 0. The molecule has 0 bridgehead atoms. The predicted octanol–water partition coefficient (Wildman–Crippen LogP) is 3.08. The van der Waals surface area contributed by atoms with Gasteiger partial charge in [-0.3, -0.25) is 0 Å². The van der Waals surface area contributed by atoms with E-state index in [2.05, 4.69) is 9.47 Å². The molecule has 0 N–H and O–H groups in total. The van der Waals surface area contributed by atoms with Crippen LogP contribution in [0, 0.1) is 0 Å². The standard InChI is InChI=1S/C4H4O2.5ClH/c1-2-6-4-3-5-1;;;;;/h1-4H;5*1H. The van der Waals surface area contributed by atoms with E-state index < -0.39 is 0 Å². The van der Waals surface area contributed by atoms with Gasteiger partial charge >= 0.3 is 0 Å². The molecule has 0 saturated carbocycles. The van der Waals surface area contributed by atoms with Crippen LogP contribution < -0.4 is 0 Å². The van der Waals surface area contributed by atoms with Gasteiger partial charge in [0.15, 0.2) is 0 Å². The molecular formula is C4H9Cl5O2. The van der Waals surface area contributed by atoms with Crippen molar-refractivity contribution in [1.82, 2.24) is 0 Å². The lowest BCUT2D eigenvalue weighted by Crippen LogP contribution is -1.74. The van der Waals surface area contributed by atoms with Gasteiger partial charge in [-0.25, -0.2) is 0 Å². The van der Waals surface area contributed by atoms with Crippen LogP contribution in [0.25, 0.3) is 0 Å². The molecule has 0 atom stereocenters. The van der Waals surface area contributed by atoms with Crippen LogP contribution in [0.3, 0.4) is 0 Å². The highest BCUT2D eigenvalue weighted by atomic mass is 35.5. The second-order valence-corrected chi connectivity index (χ2v) is 0.816. The molecule has 0 aromatic heterocycles. The molecule has 0 spiro atoms. The van der Waals surface area contributed by atoms with Crippen LogP contribution in [0.5, 0.6) is 0 Å². The van der Waals surface area contributed by atoms with Gasteiger partial charge in [-0.05, 0) is 0 Å². The molecule has 1 heterocycles. The lowest BCUT2D eigenvalue weighted by molar-refractivity contribution is 0.290. The van der Waals surface area contributed by atoms with Gasteiger partial charge in [0, 0.05) is 0 Å². The van der Waals surface area contributed by atoms with Crippen molar-refractivity contribution in [3.05, 3.63) is 25.0 Å². The first-order valence-electron chi connectivity index (χ1n) is 1.61. The SMILES string of the molecule is C1=COC=CO1.Cl.Cl.Cl.Cl.Cl. The van der Waals surface area contributed by atoms with Crippen molar-refractivity contribution in [2.75, 3.05) is 0 Å². The summed E-state index contributed by atoms with van der Waals surface area (Å²) in [5.41, 5.74) is 0. The Morgan fingerprint density at radius 2 is 0.636 bits per heavy atom. The maximum Gasteiger partial charge on any atom is 0.125 e. The van der Waals surface area contributed by atoms with Crippen LogP contribution in [0.2, 0.25) is 0 Å². The quantitative estimate of drug-likeness (QED) is 0.671. The van der Waals surface area contributed by atoms with E-state index in [9.17, 15) is 0 Å². The smallest absolute Gasteiger partial charge is 0.125 e. The molecular weight excluding hydrogens is 257 g/mol. The normalized spacial score (nSPS) is 8.73. The van der Waals surface area contributed by atoms with Gasteiger partial charge in [0.25, 0.3) is 0 Å². The molecule has 0 aliphatic carbocycles. The highest BCUT2D eigenvalue weighted by molar-refractivity contribution is 5.86. The van der Waals surface area contributed by atoms with E-state index >= 15 is 0 Å². The maximum absolute atomic E-state index is 4.58. The lowest BCUT2D eigenvalue weighted by Gasteiger charge is -1.94. The average molecular weight is 266 g/mol. The zero-order valence-electron chi connectivity index (χ0n) is 5.17. The summed E-state index contributed by atoms with van der Waals surface area (Å²) in [5, 5.41) is 0.